The maximum absolute atomic E-state index is 6.17. The lowest BCUT2D eigenvalue weighted by molar-refractivity contribution is 0.216. The van der Waals surface area contributed by atoms with Crippen LogP contribution in [0.4, 0.5) is 0 Å². The molecule has 0 atom stereocenters. The van der Waals surface area contributed by atoms with E-state index in [9.17, 15) is 0 Å². The minimum atomic E-state index is 0.812. The lowest BCUT2D eigenvalue weighted by atomic mass is 9.97. The van der Waals surface area contributed by atoms with E-state index in [0.29, 0.717) is 0 Å². The zero-order valence-electron chi connectivity index (χ0n) is 10.8. The van der Waals surface area contributed by atoms with Gasteiger partial charge in [0.25, 0.3) is 0 Å². The average molecular weight is 332 g/mol. The van der Waals surface area contributed by atoms with Crippen molar-refractivity contribution in [2.75, 3.05) is 26.7 Å². The molecule has 0 aliphatic carbocycles. The van der Waals surface area contributed by atoms with Gasteiger partial charge in [-0.2, -0.15) is 0 Å². The van der Waals surface area contributed by atoms with Crippen molar-refractivity contribution in [3.05, 3.63) is 33.3 Å². The van der Waals surface area contributed by atoms with Gasteiger partial charge in [-0.3, -0.25) is 0 Å². The minimum absolute atomic E-state index is 0.812. The first-order valence-electron chi connectivity index (χ1n) is 6.48. The third-order valence-electron chi connectivity index (χ3n) is 3.59. The lowest BCUT2D eigenvalue weighted by Gasteiger charge is -2.29. The fourth-order valence-corrected chi connectivity index (χ4v) is 2.95. The van der Waals surface area contributed by atoms with Gasteiger partial charge < -0.3 is 10.2 Å². The average Bonchev–Trinajstić information content (AvgIpc) is 2.36. The van der Waals surface area contributed by atoms with Gasteiger partial charge in [-0.1, -0.05) is 27.5 Å². The fourth-order valence-electron chi connectivity index (χ4n) is 2.36. The second-order valence-electron chi connectivity index (χ2n) is 5.11. The summed E-state index contributed by atoms with van der Waals surface area (Å²) in [6.45, 7) is 4.40. The summed E-state index contributed by atoms with van der Waals surface area (Å²) in [4.78, 5) is 2.40. The van der Waals surface area contributed by atoms with Crippen LogP contribution in [-0.2, 0) is 6.54 Å². The molecule has 1 aliphatic heterocycles. The molecule has 0 bridgehead atoms. The summed E-state index contributed by atoms with van der Waals surface area (Å²) in [5, 5.41) is 4.37. The van der Waals surface area contributed by atoms with Crippen LogP contribution < -0.4 is 5.32 Å². The molecule has 1 fully saturated rings. The first kappa shape index (κ1) is 14.3. The topological polar surface area (TPSA) is 15.3 Å². The Hall–Kier alpha value is -0.0900. The SMILES string of the molecule is CN1CCC(CNCc2cc(Br)ccc2Cl)CC1. The highest BCUT2D eigenvalue weighted by atomic mass is 79.9. The highest BCUT2D eigenvalue weighted by molar-refractivity contribution is 9.10. The van der Waals surface area contributed by atoms with E-state index in [1.54, 1.807) is 0 Å². The number of nitrogens with one attached hydrogen (secondary N) is 1. The molecule has 100 valence electrons. The number of piperidine rings is 1. The summed E-state index contributed by atoms with van der Waals surface area (Å²) in [5.41, 5.74) is 1.17. The van der Waals surface area contributed by atoms with Gasteiger partial charge in [-0.05, 0) is 69.2 Å². The van der Waals surface area contributed by atoms with Crippen LogP contribution in [0.3, 0.4) is 0 Å². The minimum Gasteiger partial charge on any atom is -0.312 e. The second kappa shape index (κ2) is 6.90. The van der Waals surface area contributed by atoms with Gasteiger partial charge in [0.2, 0.25) is 0 Å². The van der Waals surface area contributed by atoms with Gasteiger partial charge in [0.15, 0.2) is 0 Å². The normalized spacial score (nSPS) is 18.2. The molecule has 1 aromatic rings. The van der Waals surface area contributed by atoms with Gasteiger partial charge in [0.1, 0.15) is 0 Å². The van der Waals surface area contributed by atoms with Gasteiger partial charge in [0.05, 0.1) is 0 Å². The molecule has 2 rings (SSSR count). The summed E-state index contributed by atoms with van der Waals surface area (Å²) in [5.74, 6) is 0.812. The Balaban J connectivity index is 1.76. The predicted octanol–water partition coefficient (Wildman–Crippen LogP) is 3.53. The van der Waals surface area contributed by atoms with E-state index < -0.39 is 0 Å². The summed E-state index contributed by atoms with van der Waals surface area (Å²) >= 11 is 9.65. The van der Waals surface area contributed by atoms with Crippen LogP contribution in [0.5, 0.6) is 0 Å². The maximum Gasteiger partial charge on any atom is 0.0451 e. The van der Waals surface area contributed by atoms with Crippen molar-refractivity contribution in [2.45, 2.75) is 19.4 Å². The van der Waals surface area contributed by atoms with Crippen molar-refractivity contribution < 1.29 is 0 Å². The molecular formula is C14H20BrClN2. The molecule has 0 radical (unpaired) electrons. The molecule has 1 saturated heterocycles. The Bertz CT molecular complexity index is 389. The second-order valence-corrected chi connectivity index (χ2v) is 6.44. The van der Waals surface area contributed by atoms with Crippen molar-refractivity contribution in [2.24, 2.45) is 5.92 Å². The molecule has 0 amide bonds. The number of benzene rings is 1. The van der Waals surface area contributed by atoms with Crippen LogP contribution in [0.15, 0.2) is 22.7 Å². The summed E-state index contributed by atoms with van der Waals surface area (Å²) in [6, 6.07) is 6.00. The Morgan fingerprint density at radius 1 is 1.39 bits per heavy atom. The smallest absolute Gasteiger partial charge is 0.0451 e. The standard InChI is InChI=1S/C14H20BrClN2/c1-18-6-4-11(5-7-18)9-17-10-12-8-13(15)2-3-14(12)16/h2-3,8,11,17H,4-7,9-10H2,1H3. The van der Waals surface area contributed by atoms with Crippen molar-refractivity contribution >= 4 is 27.5 Å². The first-order valence-corrected chi connectivity index (χ1v) is 7.65. The van der Waals surface area contributed by atoms with Crippen LogP contribution in [0.25, 0.3) is 0 Å². The predicted molar refractivity (Wildman–Crippen MR) is 81.1 cm³/mol. The maximum atomic E-state index is 6.17. The van der Waals surface area contributed by atoms with Crippen LogP contribution >= 0.6 is 27.5 Å². The molecule has 1 heterocycles. The van der Waals surface area contributed by atoms with Gasteiger partial charge in [-0.25, -0.2) is 0 Å². The molecule has 0 saturated carbocycles. The molecule has 4 heteroatoms. The van der Waals surface area contributed by atoms with Crippen molar-refractivity contribution in [3.8, 4) is 0 Å². The van der Waals surface area contributed by atoms with E-state index in [4.69, 9.17) is 11.6 Å². The Morgan fingerprint density at radius 3 is 2.83 bits per heavy atom. The van der Waals surface area contributed by atoms with Gasteiger partial charge in [-0.15, -0.1) is 0 Å². The molecule has 0 spiro atoms. The molecule has 0 aromatic heterocycles. The van der Waals surface area contributed by atoms with E-state index in [1.165, 1.54) is 31.5 Å². The van der Waals surface area contributed by atoms with E-state index in [2.05, 4.69) is 39.3 Å². The zero-order valence-corrected chi connectivity index (χ0v) is 13.1. The molecule has 1 aromatic carbocycles. The largest absolute Gasteiger partial charge is 0.312 e. The monoisotopic (exact) mass is 330 g/mol. The van der Waals surface area contributed by atoms with Crippen LogP contribution in [0.2, 0.25) is 5.02 Å². The van der Waals surface area contributed by atoms with Crippen LogP contribution in [0, 0.1) is 5.92 Å². The van der Waals surface area contributed by atoms with Crippen molar-refractivity contribution in [3.63, 3.8) is 0 Å². The number of rotatable bonds is 4. The molecule has 2 nitrogen and oxygen atoms in total. The Kier molecular flexibility index (Phi) is 5.49. The molecule has 18 heavy (non-hydrogen) atoms. The third kappa shape index (κ3) is 4.23. The van der Waals surface area contributed by atoms with E-state index in [0.717, 1.165) is 28.5 Å². The number of nitrogens with zero attached hydrogens (tertiary/aromatic N) is 1. The van der Waals surface area contributed by atoms with E-state index >= 15 is 0 Å². The van der Waals surface area contributed by atoms with Crippen molar-refractivity contribution in [1.82, 2.24) is 10.2 Å². The molecular weight excluding hydrogens is 312 g/mol. The Labute approximate surface area is 123 Å². The van der Waals surface area contributed by atoms with Gasteiger partial charge in [0, 0.05) is 16.0 Å². The summed E-state index contributed by atoms with van der Waals surface area (Å²) in [6.07, 6.45) is 2.60. The van der Waals surface area contributed by atoms with Crippen molar-refractivity contribution in [1.29, 1.82) is 0 Å². The summed E-state index contributed by atoms with van der Waals surface area (Å²) in [7, 11) is 2.20. The Morgan fingerprint density at radius 2 is 2.11 bits per heavy atom. The molecule has 1 aliphatic rings. The third-order valence-corrected chi connectivity index (χ3v) is 4.46. The number of hydrogen-bond donors (Lipinski definition) is 1. The van der Waals surface area contributed by atoms with Crippen LogP contribution in [-0.4, -0.2) is 31.6 Å². The van der Waals surface area contributed by atoms with E-state index in [-0.39, 0.29) is 0 Å². The highest BCUT2D eigenvalue weighted by Gasteiger charge is 2.15. The zero-order chi connectivity index (χ0) is 13.0. The highest BCUT2D eigenvalue weighted by Crippen LogP contribution is 2.21. The lowest BCUT2D eigenvalue weighted by Crippen LogP contribution is -2.34. The quantitative estimate of drug-likeness (QED) is 0.908. The molecule has 1 N–H and O–H groups in total. The fraction of sp³-hybridized carbons (Fsp3) is 0.571. The summed E-state index contributed by atoms with van der Waals surface area (Å²) < 4.78 is 1.09. The first-order chi connectivity index (χ1) is 8.65. The number of hydrogen-bond acceptors (Lipinski definition) is 2. The number of halogens is 2. The van der Waals surface area contributed by atoms with Crippen LogP contribution in [0.1, 0.15) is 18.4 Å². The number of likely N-dealkylation sites (tertiary alicyclic amines) is 1. The molecule has 0 unspecified atom stereocenters. The van der Waals surface area contributed by atoms with Gasteiger partial charge >= 0.3 is 0 Å². The van der Waals surface area contributed by atoms with E-state index in [1.807, 2.05) is 12.1 Å².